The fourth-order valence-electron chi connectivity index (χ4n) is 1.77. The number of anilines is 1. The molecule has 0 saturated heterocycles. The molecule has 2 rings (SSSR count). The van der Waals surface area contributed by atoms with Crippen LogP contribution in [0.2, 0.25) is 0 Å². The number of phenolic OH excluding ortho intramolecular Hbond substituents is 1. The van der Waals surface area contributed by atoms with Crippen LogP contribution in [0.3, 0.4) is 0 Å². The molecule has 0 bridgehead atoms. The van der Waals surface area contributed by atoms with Crippen molar-refractivity contribution in [3.63, 3.8) is 0 Å². The van der Waals surface area contributed by atoms with Crippen LogP contribution in [0.5, 0.6) is 5.75 Å². The van der Waals surface area contributed by atoms with Gasteiger partial charge in [-0.05, 0) is 32.9 Å². The Morgan fingerprint density at radius 2 is 2.05 bits per heavy atom. The Kier molecular flexibility index (Phi) is 3.71. The molecule has 0 aliphatic carbocycles. The van der Waals surface area contributed by atoms with E-state index < -0.39 is 10.0 Å². The molecule has 20 heavy (non-hydrogen) atoms. The third-order valence-electron chi connectivity index (χ3n) is 2.79. The second kappa shape index (κ2) is 5.16. The fourth-order valence-corrected chi connectivity index (χ4v) is 3.00. The van der Waals surface area contributed by atoms with Gasteiger partial charge in [-0.1, -0.05) is 6.07 Å². The third kappa shape index (κ3) is 2.93. The maximum atomic E-state index is 12.3. The smallest absolute Gasteiger partial charge is 0.265 e. The number of aromatic nitrogens is 2. The van der Waals surface area contributed by atoms with E-state index in [2.05, 4.69) is 9.82 Å². The molecule has 1 aromatic carbocycles. The number of sulfonamides is 1. The monoisotopic (exact) mass is 295 g/mol. The maximum Gasteiger partial charge on any atom is 0.265 e. The van der Waals surface area contributed by atoms with Crippen LogP contribution in [-0.2, 0) is 10.0 Å². The summed E-state index contributed by atoms with van der Waals surface area (Å²) in [4.78, 5) is 0.134. The van der Waals surface area contributed by atoms with Crippen LogP contribution in [0.4, 0.5) is 5.69 Å². The van der Waals surface area contributed by atoms with E-state index in [4.69, 9.17) is 0 Å². The predicted molar refractivity (Wildman–Crippen MR) is 76.3 cm³/mol. The zero-order chi connectivity index (χ0) is 14.9. The Bertz CT molecular complexity index is 720. The molecule has 2 N–H and O–H groups in total. The lowest BCUT2D eigenvalue weighted by Crippen LogP contribution is -2.13. The number of phenols is 1. The number of hydrogen-bond acceptors (Lipinski definition) is 4. The standard InChI is InChI=1S/C13H17N3O3S/c1-9(2)16-8-13(10(3)14-16)20(18,19)15-11-5-4-6-12(17)7-11/h4-9,15,17H,1-3H3. The molecule has 0 aliphatic rings. The highest BCUT2D eigenvalue weighted by Gasteiger charge is 2.21. The van der Waals surface area contributed by atoms with Crippen LogP contribution in [0.15, 0.2) is 35.4 Å². The van der Waals surface area contributed by atoms with Gasteiger partial charge >= 0.3 is 0 Å². The van der Waals surface area contributed by atoms with Gasteiger partial charge in [0.15, 0.2) is 0 Å². The Morgan fingerprint density at radius 1 is 1.35 bits per heavy atom. The van der Waals surface area contributed by atoms with Gasteiger partial charge in [0.05, 0.1) is 11.4 Å². The zero-order valence-corrected chi connectivity index (χ0v) is 12.3. The average molecular weight is 295 g/mol. The molecule has 0 saturated carbocycles. The molecule has 0 aliphatic heterocycles. The number of nitrogens with one attached hydrogen (secondary N) is 1. The fraction of sp³-hybridized carbons (Fsp3) is 0.308. The van der Waals surface area contributed by atoms with E-state index >= 15 is 0 Å². The summed E-state index contributed by atoms with van der Waals surface area (Å²) >= 11 is 0. The van der Waals surface area contributed by atoms with Crippen molar-refractivity contribution >= 4 is 15.7 Å². The molecule has 6 nitrogen and oxygen atoms in total. The second-order valence-electron chi connectivity index (χ2n) is 4.81. The molecule has 108 valence electrons. The molecule has 0 atom stereocenters. The van der Waals surface area contributed by atoms with Crippen LogP contribution >= 0.6 is 0 Å². The van der Waals surface area contributed by atoms with Crippen LogP contribution in [0, 0.1) is 6.92 Å². The van der Waals surface area contributed by atoms with Crippen molar-refractivity contribution in [2.75, 3.05) is 4.72 Å². The van der Waals surface area contributed by atoms with Gasteiger partial charge < -0.3 is 5.11 Å². The highest BCUT2D eigenvalue weighted by atomic mass is 32.2. The number of benzene rings is 1. The SMILES string of the molecule is Cc1nn(C(C)C)cc1S(=O)(=O)Nc1cccc(O)c1. The molecular weight excluding hydrogens is 278 g/mol. The molecule has 0 unspecified atom stereocenters. The van der Waals surface area contributed by atoms with Crippen molar-refractivity contribution in [3.8, 4) is 5.75 Å². The Hall–Kier alpha value is -2.02. The van der Waals surface area contributed by atoms with E-state index in [0.29, 0.717) is 11.4 Å². The van der Waals surface area contributed by atoms with Crippen LogP contribution < -0.4 is 4.72 Å². The summed E-state index contributed by atoms with van der Waals surface area (Å²) in [5, 5.41) is 13.5. The van der Waals surface area contributed by atoms with E-state index in [0.717, 1.165) is 0 Å². The number of rotatable bonds is 4. The largest absolute Gasteiger partial charge is 0.508 e. The summed E-state index contributed by atoms with van der Waals surface area (Å²) in [7, 11) is -3.72. The van der Waals surface area contributed by atoms with Gasteiger partial charge in [-0.15, -0.1) is 0 Å². The van der Waals surface area contributed by atoms with Crippen molar-refractivity contribution in [2.24, 2.45) is 0 Å². The molecule has 0 amide bonds. The first-order chi connectivity index (χ1) is 9.29. The summed E-state index contributed by atoms with van der Waals surface area (Å²) in [6, 6.07) is 6.04. The molecule has 0 radical (unpaired) electrons. The molecule has 1 aromatic heterocycles. The van der Waals surface area contributed by atoms with E-state index in [9.17, 15) is 13.5 Å². The van der Waals surface area contributed by atoms with Gasteiger partial charge in [0.25, 0.3) is 10.0 Å². The number of hydrogen-bond donors (Lipinski definition) is 2. The minimum absolute atomic E-state index is 0.000187. The van der Waals surface area contributed by atoms with Crippen LogP contribution in [0.1, 0.15) is 25.6 Å². The Balaban J connectivity index is 2.36. The van der Waals surface area contributed by atoms with Gasteiger partial charge in [-0.3, -0.25) is 9.40 Å². The topological polar surface area (TPSA) is 84.2 Å². The van der Waals surface area contributed by atoms with E-state index in [-0.39, 0.29) is 16.7 Å². The summed E-state index contributed by atoms with van der Waals surface area (Å²) in [5.74, 6) is -0.000187. The lowest BCUT2D eigenvalue weighted by molar-refractivity contribution is 0.475. The van der Waals surface area contributed by atoms with E-state index in [1.807, 2.05) is 13.8 Å². The van der Waals surface area contributed by atoms with Crippen molar-refractivity contribution in [1.82, 2.24) is 9.78 Å². The Morgan fingerprint density at radius 3 is 2.60 bits per heavy atom. The molecule has 1 heterocycles. The summed E-state index contributed by atoms with van der Waals surface area (Å²) in [6.07, 6.45) is 1.51. The number of aromatic hydroxyl groups is 1. The van der Waals surface area contributed by atoms with Gasteiger partial charge in [0.2, 0.25) is 0 Å². The van der Waals surface area contributed by atoms with Crippen LogP contribution in [-0.4, -0.2) is 23.3 Å². The van der Waals surface area contributed by atoms with Crippen molar-refractivity contribution < 1.29 is 13.5 Å². The molecule has 2 aromatic rings. The van der Waals surface area contributed by atoms with Crippen LogP contribution in [0.25, 0.3) is 0 Å². The minimum Gasteiger partial charge on any atom is -0.508 e. The van der Waals surface area contributed by atoms with Gasteiger partial charge in [0.1, 0.15) is 10.6 Å². The van der Waals surface area contributed by atoms with Crippen molar-refractivity contribution in [2.45, 2.75) is 31.7 Å². The third-order valence-corrected chi connectivity index (χ3v) is 4.27. The lowest BCUT2D eigenvalue weighted by Gasteiger charge is -2.07. The van der Waals surface area contributed by atoms with E-state index in [1.54, 1.807) is 23.7 Å². The normalized spacial score (nSPS) is 11.8. The first-order valence-electron chi connectivity index (χ1n) is 6.17. The minimum atomic E-state index is -3.72. The molecule has 0 fully saturated rings. The lowest BCUT2D eigenvalue weighted by atomic mass is 10.3. The first kappa shape index (κ1) is 14.4. The van der Waals surface area contributed by atoms with Gasteiger partial charge in [-0.25, -0.2) is 8.42 Å². The summed E-state index contributed by atoms with van der Waals surface area (Å²) in [5.41, 5.74) is 0.744. The maximum absolute atomic E-state index is 12.3. The van der Waals surface area contributed by atoms with Gasteiger partial charge in [0, 0.05) is 18.3 Å². The highest BCUT2D eigenvalue weighted by molar-refractivity contribution is 7.92. The van der Waals surface area contributed by atoms with Crippen molar-refractivity contribution in [3.05, 3.63) is 36.2 Å². The Labute approximate surface area is 118 Å². The van der Waals surface area contributed by atoms with Crippen molar-refractivity contribution in [1.29, 1.82) is 0 Å². The first-order valence-corrected chi connectivity index (χ1v) is 7.65. The number of nitrogens with zero attached hydrogens (tertiary/aromatic N) is 2. The molecule has 0 spiro atoms. The van der Waals surface area contributed by atoms with E-state index in [1.165, 1.54) is 18.3 Å². The summed E-state index contributed by atoms with van der Waals surface area (Å²) in [6.45, 7) is 5.49. The number of aryl methyl sites for hydroxylation is 1. The average Bonchev–Trinajstić information content (AvgIpc) is 2.71. The molecular formula is C13H17N3O3S. The summed E-state index contributed by atoms with van der Waals surface area (Å²) < 4.78 is 28.7. The van der Waals surface area contributed by atoms with Gasteiger partial charge in [-0.2, -0.15) is 5.10 Å². The molecule has 7 heteroatoms. The predicted octanol–water partition coefficient (Wildman–Crippen LogP) is 2.28. The highest BCUT2D eigenvalue weighted by Crippen LogP contribution is 2.22. The second-order valence-corrected chi connectivity index (χ2v) is 6.46. The quantitative estimate of drug-likeness (QED) is 0.906. The zero-order valence-electron chi connectivity index (χ0n) is 11.5.